The van der Waals surface area contributed by atoms with E-state index >= 15 is 0 Å². The van der Waals surface area contributed by atoms with Gasteiger partial charge in [0.05, 0.1) is 6.10 Å². The molecule has 0 fully saturated rings. The molecule has 3 heteroatoms. The molecule has 1 atom stereocenters. The number of rotatable bonds is 4. The normalized spacial score (nSPS) is 13.9. The highest BCUT2D eigenvalue weighted by atomic mass is 32.2. The zero-order valence-corrected chi connectivity index (χ0v) is 6.71. The smallest absolute Gasteiger partial charge is 0.0718 e. The molecule has 0 aromatic heterocycles. The van der Waals surface area contributed by atoms with Crippen molar-refractivity contribution < 1.29 is 5.11 Å². The van der Waals surface area contributed by atoms with E-state index in [2.05, 4.69) is 19.6 Å². The third kappa shape index (κ3) is 4.81. The zero-order valence-electron chi connectivity index (χ0n) is 5.00. The SMILES string of the molecule is CCSCC(O)CS. The van der Waals surface area contributed by atoms with Crippen molar-refractivity contribution in [2.24, 2.45) is 0 Å². The van der Waals surface area contributed by atoms with Crippen molar-refractivity contribution in [2.45, 2.75) is 13.0 Å². The fourth-order valence-electron chi connectivity index (χ4n) is 0.307. The Balaban J connectivity index is 2.86. The maximum absolute atomic E-state index is 8.89. The lowest BCUT2D eigenvalue weighted by molar-refractivity contribution is 0.225. The summed E-state index contributed by atoms with van der Waals surface area (Å²) in [5, 5.41) is 8.89. The lowest BCUT2D eigenvalue weighted by Crippen LogP contribution is -2.11. The Kier molecular flexibility index (Phi) is 6.27. The van der Waals surface area contributed by atoms with E-state index in [-0.39, 0.29) is 6.10 Å². The Hall–Kier alpha value is 0.660. The first-order chi connectivity index (χ1) is 3.81. The van der Waals surface area contributed by atoms with Gasteiger partial charge in [0.15, 0.2) is 0 Å². The molecular formula is C5H12OS2. The van der Waals surface area contributed by atoms with Gasteiger partial charge in [-0.3, -0.25) is 0 Å². The van der Waals surface area contributed by atoms with Crippen LogP contribution in [0.1, 0.15) is 6.92 Å². The van der Waals surface area contributed by atoms with Crippen LogP contribution in [-0.4, -0.2) is 28.5 Å². The number of aliphatic hydroxyl groups excluding tert-OH is 1. The second-order valence-electron chi connectivity index (χ2n) is 1.50. The molecule has 0 saturated heterocycles. The van der Waals surface area contributed by atoms with Crippen LogP contribution in [0.3, 0.4) is 0 Å². The molecule has 1 N–H and O–H groups in total. The van der Waals surface area contributed by atoms with Gasteiger partial charge in [-0.2, -0.15) is 24.4 Å². The number of thiol groups is 1. The predicted octanol–water partition coefficient (Wildman–Crippen LogP) is 1.03. The quantitative estimate of drug-likeness (QED) is 0.587. The summed E-state index contributed by atoms with van der Waals surface area (Å²) in [6, 6.07) is 0. The number of thioether (sulfide) groups is 1. The molecular weight excluding hydrogens is 140 g/mol. The molecule has 0 spiro atoms. The Morgan fingerprint density at radius 2 is 2.38 bits per heavy atom. The fourth-order valence-corrected chi connectivity index (χ4v) is 1.24. The molecule has 1 unspecified atom stereocenters. The zero-order chi connectivity index (χ0) is 6.41. The molecule has 0 aliphatic rings. The second kappa shape index (κ2) is 5.79. The third-order valence-electron chi connectivity index (χ3n) is 0.725. The van der Waals surface area contributed by atoms with Crippen molar-refractivity contribution in [1.29, 1.82) is 0 Å². The van der Waals surface area contributed by atoms with Crippen LogP contribution in [0.15, 0.2) is 0 Å². The molecule has 8 heavy (non-hydrogen) atoms. The molecule has 1 nitrogen and oxygen atoms in total. The summed E-state index contributed by atoms with van der Waals surface area (Å²) in [6.45, 7) is 2.08. The maximum Gasteiger partial charge on any atom is 0.0718 e. The van der Waals surface area contributed by atoms with E-state index in [4.69, 9.17) is 5.11 Å². The van der Waals surface area contributed by atoms with Gasteiger partial charge in [0.2, 0.25) is 0 Å². The molecule has 0 radical (unpaired) electrons. The van der Waals surface area contributed by atoms with Crippen LogP contribution in [0.2, 0.25) is 0 Å². The van der Waals surface area contributed by atoms with Crippen molar-refractivity contribution in [2.75, 3.05) is 17.3 Å². The van der Waals surface area contributed by atoms with Crippen LogP contribution in [0.5, 0.6) is 0 Å². The summed E-state index contributed by atoms with van der Waals surface area (Å²) in [5.74, 6) is 2.47. The largest absolute Gasteiger partial charge is 0.391 e. The monoisotopic (exact) mass is 152 g/mol. The first-order valence-electron chi connectivity index (χ1n) is 2.68. The Bertz CT molecular complexity index is 49.7. The molecule has 0 saturated carbocycles. The summed E-state index contributed by atoms with van der Waals surface area (Å²) in [6.07, 6.45) is -0.219. The van der Waals surface area contributed by atoms with Crippen LogP contribution in [0, 0.1) is 0 Å². The minimum absolute atomic E-state index is 0.219. The molecule has 0 bridgehead atoms. The van der Waals surface area contributed by atoms with Crippen molar-refractivity contribution in [3.05, 3.63) is 0 Å². The first-order valence-corrected chi connectivity index (χ1v) is 4.46. The average molecular weight is 152 g/mol. The van der Waals surface area contributed by atoms with E-state index in [9.17, 15) is 0 Å². The summed E-state index contributed by atoms with van der Waals surface area (Å²) in [5.41, 5.74) is 0. The van der Waals surface area contributed by atoms with Gasteiger partial charge in [0, 0.05) is 11.5 Å². The number of hydrogen-bond donors (Lipinski definition) is 2. The standard InChI is InChI=1S/C5H12OS2/c1-2-8-4-5(6)3-7/h5-7H,2-4H2,1H3. The van der Waals surface area contributed by atoms with Gasteiger partial charge < -0.3 is 5.11 Å². The van der Waals surface area contributed by atoms with E-state index in [0.29, 0.717) is 5.75 Å². The van der Waals surface area contributed by atoms with Crippen LogP contribution >= 0.6 is 24.4 Å². The van der Waals surface area contributed by atoms with E-state index in [1.54, 1.807) is 11.8 Å². The summed E-state index contributed by atoms with van der Waals surface area (Å²) < 4.78 is 0. The van der Waals surface area contributed by atoms with E-state index in [1.165, 1.54) is 0 Å². The minimum Gasteiger partial charge on any atom is -0.391 e. The lowest BCUT2D eigenvalue weighted by atomic mass is 10.5. The van der Waals surface area contributed by atoms with Crippen LogP contribution < -0.4 is 0 Å². The Morgan fingerprint density at radius 1 is 1.75 bits per heavy atom. The molecule has 0 aliphatic heterocycles. The highest BCUT2D eigenvalue weighted by Gasteiger charge is 1.97. The Morgan fingerprint density at radius 3 is 2.75 bits per heavy atom. The summed E-state index contributed by atoms with van der Waals surface area (Å²) >= 11 is 5.67. The molecule has 50 valence electrons. The lowest BCUT2D eigenvalue weighted by Gasteiger charge is -2.03. The predicted molar refractivity (Wildman–Crippen MR) is 42.9 cm³/mol. The maximum atomic E-state index is 8.89. The van der Waals surface area contributed by atoms with Gasteiger partial charge in [0.1, 0.15) is 0 Å². The molecule has 0 rings (SSSR count). The van der Waals surface area contributed by atoms with Crippen LogP contribution in [0.4, 0.5) is 0 Å². The summed E-state index contributed by atoms with van der Waals surface area (Å²) in [4.78, 5) is 0. The molecule has 0 aromatic carbocycles. The van der Waals surface area contributed by atoms with Gasteiger partial charge >= 0.3 is 0 Å². The molecule has 0 amide bonds. The van der Waals surface area contributed by atoms with Crippen molar-refractivity contribution in [1.82, 2.24) is 0 Å². The highest BCUT2D eigenvalue weighted by molar-refractivity contribution is 7.99. The van der Waals surface area contributed by atoms with Gasteiger partial charge in [-0.05, 0) is 5.75 Å². The van der Waals surface area contributed by atoms with Gasteiger partial charge in [-0.25, -0.2) is 0 Å². The third-order valence-corrected chi connectivity index (χ3v) is 2.18. The number of hydrogen-bond acceptors (Lipinski definition) is 3. The number of aliphatic hydroxyl groups is 1. The highest BCUT2D eigenvalue weighted by Crippen LogP contribution is 2.01. The minimum atomic E-state index is -0.219. The van der Waals surface area contributed by atoms with Crippen molar-refractivity contribution in [3.8, 4) is 0 Å². The average Bonchev–Trinajstić information content (AvgIpc) is 1.83. The van der Waals surface area contributed by atoms with Crippen molar-refractivity contribution in [3.63, 3.8) is 0 Å². The van der Waals surface area contributed by atoms with Gasteiger partial charge in [-0.1, -0.05) is 6.92 Å². The summed E-state index contributed by atoms with van der Waals surface area (Å²) in [7, 11) is 0. The second-order valence-corrected chi connectivity index (χ2v) is 3.18. The van der Waals surface area contributed by atoms with Gasteiger partial charge in [-0.15, -0.1) is 0 Å². The molecule has 0 aliphatic carbocycles. The van der Waals surface area contributed by atoms with Crippen LogP contribution in [0.25, 0.3) is 0 Å². The van der Waals surface area contributed by atoms with E-state index < -0.39 is 0 Å². The first kappa shape index (κ1) is 8.66. The van der Waals surface area contributed by atoms with Crippen LogP contribution in [-0.2, 0) is 0 Å². The molecule has 0 heterocycles. The molecule has 0 aromatic rings. The van der Waals surface area contributed by atoms with Gasteiger partial charge in [0.25, 0.3) is 0 Å². The Labute approximate surface area is 60.3 Å². The topological polar surface area (TPSA) is 20.2 Å². The van der Waals surface area contributed by atoms with E-state index in [1.807, 2.05) is 0 Å². The van der Waals surface area contributed by atoms with E-state index in [0.717, 1.165) is 11.5 Å². The van der Waals surface area contributed by atoms with Crippen molar-refractivity contribution >= 4 is 24.4 Å². The fraction of sp³-hybridized carbons (Fsp3) is 1.00.